The monoisotopic (exact) mass is 297 g/mol. The fraction of sp³-hybridized carbons (Fsp3) is 0.231. The Balaban J connectivity index is 2.29. The standard InChI is InChI=1S/C13H13BrFNO/c1-2-9-4-6-12(17-9)13(16)8-3-5-11(15)10(14)7-8/h3-7,13H,2,16H2,1H3. The Morgan fingerprint density at radius 2 is 2.12 bits per heavy atom. The van der Waals surface area contributed by atoms with Gasteiger partial charge in [0.25, 0.3) is 0 Å². The van der Waals surface area contributed by atoms with Crippen molar-refractivity contribution in [3.8, 4) is 0 Å². The van der Waals surface area contributed by atoms with E-state index in [4.69, 9.17) is 10.2 Å². The Bertz CT molecular complexity index is 524. The molecule has 1 atom stereocenters. The summed E-state index contributed by atoms with van der Waals surface area (Å²) in [6.45, 7) is 2.02. The maximum Gasteiger partial charge on any atom is 0.137 e. The number of hydrogen-bond acceptors (Lipinski definition) is 2. The van der Waals surface area contributed by atoms with Crippen LogP contribution in [0.3, 0.4) is 0 Å². The number of hydrogen-bond donors (Lipinski definition) is 1. The predicted molar refractivity (Wildman–Crippen MR) is 68.2 cm³/mol. The molecule has 0 radical (unpaired) electrons. The maximum absolute atomic E-state index is 13.1. The van der Waals surface area contributed by atoms with E-state index in [0.717, 1.165) is 17.7 Å². The van der Waals surface area contributed by atoms with Gasteiger partial charge in [-0.05, 0) is 45.8 Å². The lowest BCUT2D eigenvalue weighted by Crippen LogP contribution is -2.11. The fourth-order valence-corrected chi connectivity index (χ4v) is 2.02. The zero-order chi connectivity index (χ0) is 12.4. The molecule has 1 unspecified atom stereocenters. The third-order valence-electron chi connectivity index (χ3n) is 2.64. The molecule has 0 spiro atoms. The first-order valence-corrected chi connectivity index (χ1v) is 6.20. The van der Waals surface area contributed by atoms with Crippen molar-refractivity contribution in [1.29, 1.82) is 0 Å². The quantitative estimate of drug-likeness (QED) is 0.936. The van der Waals surface area contributed by atoms with Crippen molar-refractivity contribution in [1.82, 2.24) is 0 Å². The van der Waals surface area contributed by atoms with Crippen molar-refractivity contribution in [2.24, 2.45) is 5.73 Å². The van der Waals surface area contributed by atoms with Crippen molar-refractivity contribution >= 4 is 15.9 Å². The molecule has 0 amide bonds. The van der Waals surface area contributed by atoms with Gasteiger partial charge < -0.3 is 10.2 Å². The van der Waals surface area contributed by atoms with E-state index in [9.17, 15) is 4.39 Å². The van der Waals surface area contributed by atoms with Crippen LogP contribution in [-0.2, 0) is 6.42 Å². The maximum atomic E-state index is 13.1. The van der Waals surface area contributed by atoms with Crippen LogP contribution in [0.15, 0.2) is 39.2 Å². The van der Waals surface area contributed by atoms with Crippen LogP contribution in [0.1, 0.15) is 30.0 Å². The van der Waals surface area contributed by atoms with Crippen LogP contribution in [0.2, 0.25) is 0 Å². The molecule has 0 saturated heterocycles. The lowest BCUT2D eigenvalue weighted by molar-refractivity contribution is 0.453. The normalized spacial score (nSPS) is 12.7. The molecule has 2 nitrogen and oxygen atoms in total. The molecule has 2 N–H and O–H groups in total. The molecule has 1 aromatic heterocycles. The molecule has 17 heavy (non-hydrogen) atoms. The average molecular weight is 298 g/mol. The summed E-state index contributed by atoms with van der Waals surface area (Å²) in [5, 5.41) is 0. The van der Waals surface area contributed by atoms with E-state index in [1.54, 1.807) is 12.1 Å². The van der Waals surface area contributed by atoms with Gasteiger partial charge in [0.1, 0.15) is 17.3 Å². The molecular formula is C13H13BrFNO. The van der Waals surface area contributed by atoms with E-state index >= 15 is 0 Å². The second-order valence-corrected chi connectivity index (χ2v) is 4.66. The molecule has 0 bridgehead atoms. The van der Waals surface area contributed by atoms with Gasteiger partial charge in [-0.3, -0.25) is 0 Å². The van der Waals surface area contributed by atoms with Gasteiger partial charge in [0.2, 0.25) is 0 Å². The molecule has 90 valence electrons. The lowest BCUT2D eigenvalue weighted by atomic mass is 10.1. The molecule has 2 rings (SSSR count). The predicted octanol–water partition coefficient (Wildman–Crippen LogP) is 3.79. The third-order valence-corrected chi connectivity index (χ3v) is 3.25. The first-order chi connectivity index (χ1) is 8.11. The molecule has 4 heteroatoms. The van der Waals surface area contributed by atoms with Gasteiger partial charge in [-0.15, -0.1) is 0 Å². The van der Waals surface area contributed by atoms with Crippen molar-refractivity contribution in [3.05, 3.63) is 57.7 Å². The van der Waals surface area contributed by atoms with Gasteiger partial charge in [-0.1, -0.05) is 13.0 Å². The van der Waals surface area contributed by atoms with Gasteiger partial charge in [-0.2, -0.15) is 0 Å². The van der Waals surface area contributed by atoms with Crippen LogP contribution >= 0.6 is 15.9 Å². The van der Waals surface area contributed by atoms with Crippen LogP contribution in [0.4, 0.5) is 4.39 Å². The largest absolute Gasteiger partial charge is 0.464 e. The van der Waals surface area contributed by atoms with Gasteiger partial charge >= 0.3 is 0 Å². The summed E-state index contributed by atoms with van der Waals surface area (Å²) < 4.78 is 19.1. The average Bonchev–Trinajstić information content (AvgIpc) is 2.80. The Kier molecular flexibility index (Phi) is 3.64. The minimum Gasteiger partial charge on any atom is -0.464 e. The third kappa shape index (κ3) is 2.58. The molecule has 2 aromatic rings. The number of furan rings is 1. The number of nitrogens with two attached hydrogens (primary N) is 1. The summed E-state index contributed by atoms with van der Waals surface area (Å²) >= 11 is 3.14. The first kappa shape index (κ1) is 12.3. The van der Waals surface area contributed by atoms with Crippen molar-refractivity contribution in [2.45, 2.75) is 19.4 Å². The van der Waals surface area contributed by atoms with Gasteiger partial charge in [0, 0.05) is 6.42 Å². The smallest absolute Gasteiger partial charge is 0.137 e. The van der Waals surface area contributed by atoms with E-state index in [0.29, 0.717) is 10.2 Å². The van der Waals surface area contributed by atoms with E-state index in [1.807, 2.05) is 19.1 Å². The van der Waals surface area contributed by atoms with E-state index in [1.165, 1.54) is 6.07 Å². The summed E-state index contributed by atoms with van der Waals surface area (Å²) in [6, 6.07) is 8.14. The Morgan fingerprint density at radius 3 is 2.71 bits per heavy atom. The topological polar surface area (TPSA) is 39.2 Å². The Morgan fingerprint density at radius 1 is 1.35 bits per heavy atom. The van der Waals surface area contributed by atoms with E-state index < -0.39 is 0 Å². The van der Waals surface area contributed by atoms with Crippen molar-refractivity contribution in [2.75, 3.05) is 0 Å². The van der Waals surface area contributed by atoms with Crippen LogP contribution in [0.25, 0.3) is 0 Å². The molecule has 0 aliphatic rings. The molecule has 1 heterocycles. The van der Waals surface area contributed by atoms with Crippen LogP contribution < -0.4 is 5.73 Å². The number of rotatable bonds is 3. The van der Waals surface area contributed by atoms with Gasteiger partial charge in [0.15, 0.2) is 0 Å². The number of halogens is 2. The molecule has 0 fully saturated rings. The fourth-order valence-electron chi connectivity index (χ4n) is 1.62. The summed E-state index contributed by atoms with van der Waals surface area (Å²) in [5.41, 5.74) is 6.88. The zero-order valence-corrected chi connectivity index (χ0v) is 11.0. The molecule has 0 aliphatic heterocycles. The lowest BCUT2D eigenvalue weighted by Gasteiger charge is -2.10. The summed E-state index contributed by atoms with van der Waals surface area (Å²) in [7, 11) is 0. The molecule has 0 saturated carbocycles. The van der Waals surface area contributed by atoms with Crippen molar-refractivity contribution < 1.29 is 8.81 Å². The highest BCUT2D eigenvalue weighted by molar-refractivity contribution is 9.10. The van der Waals surface area contributed by atoms with Crippen LogP contribution in [0, 0.1) is 5.82 Å². The Labute approximate surface area is 108 Å². The highest BCUT2D eigenvalue weighted by Crippen LogP contribution is 2.25. The molecule has 1 aromatic carbocycles. The SMILES string of the molecule is CCc1ccc(C(N)c2ccc(F)c(Br)c2)o1. The van der Waals surface area contributed by atoms with Crippen LogP contribution in [0.5, 0.6) is 0 Å². The van der Waals surface area contributed by atoms with Crippen LogP contribution in [-0.4, -0.2) is 0 Å². The van der Waals surface area contributed by atoms with E-state index in [-0.39, 0.29) is 11.9 Å². The minimum absolute atomic E-state index is 0.297. The first-order valence-electron chi connectivity index (χ1n) is 5.41. The summed E-state index contributed by atoms with van der Waals surface area (Å²) in [6.07, 6.45) is 0.833. The van der Waals surface area contributed by atoms with Gasteiger partial charge in [-0.25, -0.2) is 4.39 Å². The Hall–Kier alpha value is -1.13. The van der Waals surface area contributed by atoms with Gasteiger partial charge in [0.05, 0.1) is 10.5 Å². The van der Waals surface area contributed by atoms with Crippen molar-refractivity contribution in [3.63, 3.8) is 0 Å². The highest BCUT2D eigenvalue weighted by atomic mass is 79.9. The minimum atomic E-state index is -0.368. The van der Waals surface area contributed by atoms with E-state index in [2.05, 4.69) is 15.9 Å². The highest BCUT2D eigenvalue weighted by Gasteiger charge is 2.14. The zero-order valence-electron chi connectivity index (χ0n) is 9.41. The number of benzene rings is 1. The molecule has 0 aliphatic carbocycles. The number of aryl methyl sites for hydroxylation is 1. The second-order valence-electron chi connectivity index (χ2n) is 3.81. The summed E-state index contributed by atoms with van der Waals surface area (Å²) in [4.78, 5) is 0. The summed E-state index contributed by atoms with van der Waals surface area (Å²) in [5.74, 6) is 1.30. The molecular weight excluding hydrogens is 285 g/mol. The second kappa shape index (κ2) is 5.02.